The van der Waals surface area contributed by atoms with Crippen molar-refractivity contribution in [1.82, 2.24) is 0 Å². The molecule has 2 aromatic carbocycles. The molecule has 3 nitrogen and oxygen atoms in total. The van der Waals surface area contributed by atoms with Gasteiger partial charge in [-0.3, -0.25) is 0 Å². The van der Waals surface area contributed by atoms with Gasteiger partial charge in [-0.25, -0.2) is 4.79 Å². The summed E-state index contributed by atoms with van der Waals surface area (Å²) < 4.78 is 10.7. The fraction of sp³-hybridized carbons (Fsp3) is 0.235. The first-order valence-electron chi connectivity index (χ1n) is 6.69. The summed E-state index contributed by atoms with van der Waals surface area (Å²) >= 11 is 5.79. The molecule has 0 heterocycles. The molecule has 0 saturated carbocycles. The van der Waals surface area contributed by atoms with Crippen LogP contribution in [0.3, 0.4) is 0 Å². The van der Waals surface area contributed by atoms with Crippen LogP contribution in [0.25, 0.3) is 0 Å². The molecule has 0 aliphatic carbocycles. The molecular formula is C17H17ClO3. The molecule has 2 rings (SSSR count). The van der Waals surface area contributed by atoms with Gasteiger partial charge >= 0.3 is 5.97 Å². The van der Waals surface area contributed by atoms with E-state index >= 15 is 0 Å². The Balaban J connectivity index is 1.84. The third-order valence-corrected chi connectivity index (χ3v) is 3.21. The van der Waals surface area contributed by atoms with Crippen LogP contribution in [0.4, 0.5) is 0 Å². The van der Waals surface area contributed by atoms with Crippen LogP contribution in [0, 0.1) is 6.92 Å². The zero-order chi connectivity index (χ0) is 15.2. The van der Waals surface area contributed by atoms with E-state index in [-0.39, 0.29) is 6.61 Å². The molecule has 0 N–H and O–H groups in total. The highest BCUT2D eigenvalue weighted by Gasteiger charge is 2.16. The zero-order valence-electron chi connectivity index (χ0n) is 12.0. The molecule has 110 valence electrons. The highest BCUT2D eigenvalue weighted by molar-refractivity contribution is 6.30. The van der Waals surface area contributed by atoms with E-state index in [1.807, 2.05) is 31.2 Å². The Bertz CT molecular complexity index is 590. The van der Waals surface area contributed by atoms with E-state index in [0.717, 1.165) is 5.56 Å². The second-order valence-corrected chi connectivity index (χ2v) is 5.24. The van der Waals surface area contributed by atoms with Gasteiger partial charge in [0, 0.05) is 5.02 Å². The quantitative estimate of drug-likeness (QED) is 0.778. The van der Waals surface area contributed by atoms with Crippen molar-refractivity contribution in [2.75, 3.05) is 0 Å². The number of esters is 1. The standard InChI is InChI=1S/C17H17ClO3/c1-12-3-5-14(6-4-12)11-20-17(19)13(2)21-16-9-7-15(18)8-10-16/h3-10,13H,11H2,1-2H3/t13-/m1/s1. The van der Waals surface area contributed by atoms with Gasteiger partial charge < -0.3 is 9.47 Å². The van der Waals surface area contributed by atoms with Crippen LogP contribution >= 0.6 is 11.6 Å². The number of hydrogen-bond donors (Lipinski definition) is 0. The van der Waals surface area contributed by atoms with Crippen LogP contribution in [-0.4, -0.2) is 12.1 Å². The minimum absolute atomic E-state index is 0.243. The van der Waals surface area contributed by atoms with Gasteiger partial charge in [-0.1, -0.05) is 41.4 Å². The van der Waals surface area contributed by atoms with Crippen LogP contribution in [0.15, 0.2) is 48.5 Å². The molecule has 0 unspecified atom stereocenters. The molecule has 21 heavy (non-hydrogen) atoms. The molecule has 1 atom stereocenters. The van der Waals surface area contributed by atoms with E-state index in [2.05, 4.69) is 0 Å². The Hall–Kier alpha value is -2.00. The average molecular weight is 305 g/mol. The van der Waals surface area contributed by atoms with Gasteiger partial charge in [0.2, 0.25) is 0 Å². The Morgan fingerprint density at radius 3 is 2.33 bits per heavy atom. The molecule has 0 aromatic heterocycles. The van der Waals surface area contributed by atoms with Gasteiger partial charge in [-0.15, -0.1) is 0 Å². The summed E-state index contributed by atoms with van der Waals surface area (Å²) in [4.78, 5) is 11.9. The van der Waals surface area contributed by atoms with Gasteiger partial charge in [0.1, 0.15) is 12.4 Å². The first kappa shape index (κ1) is 15.4. The summed E-state index contributed by atoms with van der Waals surface area (Å²) in [6.45, 7) is 3.91. The van der Waals surface area contributed by atoms with Gasteiger partial charge in [-0.05, 0) is 43.7 Å². The van der Waals surface area contributed by atoms with Crippen molar-refractivity contribution < 1.29 is 14.3 Å². The number of ether oxygens (including phenoxy) is 2. The summed E-state index contributed by atoms with van der Waals surface area (Å²) in [6.07, 6.45) is -0.670. The van der Waals surface area contributed by atoms with Crippen molar-refractivity contribution in [3.63, 3.8) is 0 Å². The number of halogens is 1. The Labute approximate surface area is 129 Å². The topological polar surface area (TPSA) is 35.5 Å². The maximum Gasteiger partial charge on any atom is 0.347 e. The number of carbonyl (C=O) groups excluding carboxylic acids is 1. The third kappa shape index (κ3) is 4.80. The predicted octanol–water partition coefficient (Wildman–Crippen LogP) is 4.16. The van der Waals surface area contributed by atoms with Crippen LogP contribution in [-0.2, 0) is 16.1 Å². The minimum atomic E-state index is -0.670. The molecule has 0 amide bonds. The Morgan fingerprint density at radius 1 is 1.10 bits per heavy atom. The van der Waals surface area contributed by atoms with E-state index in [9.17, 15) is 4.79 Å². The summed E-state index contributed by atoms with van der Waals surface area (Å²) in [7, 11) is 0. The first-order valence-corrected chi connectivity index (χ1v) is 7.07. The summed E-state index contributed by atoms with van der Waals surface area (Å²) in [6, 6.07) is 14.7. The van der Waals surface area contributed by atoms with E-state index in [1.165, 1.54) is 5.56 Å². The van der Waals surface area contributed by atoms with Crippen LogP contribution in [0.5, 0.6) is 5.75 Å². The molecule has 0 spiro atoms. The smallest absolute Gasteiger partial charge is 0.347 e. The van der Waals surface area contributed by atoms with Crippen molar-refractivity contribution in [3.05, 3.63) is 64.7 Å². The lowest BCUT2D eigenvalue weighted by Gasteiger charge is -2.14. The van der Waals surface area contributed by atoms with Gasteiger partial charge in [-0.2, -0.15) is 0 Å². The number of rotatable bonds is 5. The van der Waals surface area contributed by atoms with Crippen molar-refractivity contribution in [1.29, 1.82) is 0 Å². The Morgan fingerprint density at radius 2 is 1.71 bits per heavy atom. The summed E-state index contributed by atoms with van der Waals surface area (Å²) in [5, 5.41) is 0.622. The van der Waals surface area contributed by atoms with Crippen molar-refractivity contribution in [3.8, 4) is 5.75 Å². The summed E-state index contributed by atoms with van der Waals surface area (Å²) in [5.41, 5.74) is 2.12. The highest BCUT2D eigenvalue weighted by Crippen LogP contribution is 2.17. The normalized spacial score (nSPS) is 11.8. The lowest BCUT2D eigenvalue weighted by molar-refractivity contribution is -0.152. The van der Waals surface area contributed by atoms with Gasteiger partial charge in [0.05, 0.1) is 0 Å². The predicted molar refractivity (Wildman–Crippen MR) is 82.5 cm³/mol. The van der Waals surface area contributed by atoms with Crippen LogP contribution in [0.2, 0.25) is 5.02 Å². The lowest BCUT2D eigenvalue weighted by Crippen LogP contribution is -2.26. The molecule has 0 aliphatic rings. The SMILES string of the molecule is Cc1ccc(COC(=O)[C@@H](C)Oc2ccc(Cl)cc2)cc1. The number of carbonyl (C=O) groups is 1. The van der Waals surface area contributed by atoms with E-state index in [1.54, 1.807) is 31.2 Å². The number of aryl methyl sites for hydroxylation is 1. The molecule has 0 fully saturated rings. The second-order valence-electron chi connectivity index (χ2n) is 4.81. The zero-order valence-corrected chi connectivity index (χ0v) is 12.8. The maximum atomic E-state index is 11.9. The van der Waals surface area contributed by atoms with Crippen molar-refractivity contribution in [2.45, 2.75) is 26.6 Å². The fourth-order valence-corrected chi connectivity index (χ4v) is 1.85. The monoisotopic (exact) mass is 304 g/mol. The number of benzene rings is 2. The molecule has 0 aliphatic heterocycles. The van der Waals surface area contributed by atoms with Crippen LogP contribution < -0.4 is 4.74 Å². The Kier molecular flexibility index (Phi) is 5.23. The molecule has 4 heteroatoms. The number of hydrogen-bond acceptors (Lipinski definition) is 3. The van der Waals surface area contributed by atoms with E-state index in [0.29, 0.717) is 10.8 Å². The lowest BCUT2D eigenvalue weighted by atomic mass is 10.2. The van der Waals surface area contributed by atoms with Crippen molar-refractivity contribution >= 4 is 17.6 Å². The third-order valence-electron chi connectivity index (χ3n) is 2.96. The molecule has 2 aromatic rings. The fourth-order valence-electron chi connectivity index (χ4n) is 1.72. The highest BCUT2D eigenvalue weighted by atomic mass is 35.5. The average Bonchev–Trinajstić information content (AvgIpc) is 2.48. The molecule has 0 saturated heterocycles. The second kappa shape index (κ2) is 7.14. The minimum Gasteiger partial charge on any atom is -0.479 e. The summed E-state index contributed by atoms with van der Waals surface area (Å²) in [5.74, 6) is 0.185. The molecule has 0 bridgehead atoms. The first-order chi connectivity index (χ1) is 10.0. The van der Waals surface area contributed by atoms with Crippen LogP contribution in [0.1, 0.15) is 18.1 Å². The van der Waals surface area contributed by atoms with E-state index in [4.69, 9.17) is 21.1 Å². The van der Waals surface area contributed by atoms with E-state index < -0.39 is 12.1 Å². The molecular weight excluding hydrogens is 288 g/mol. The largest absolute Gasteiger partial charge is 0.479 e. The maximum absolute atomic E-state index is 11.9. The van der Waals surface area contributed by atoms with Crippen molar-refractivity contribution in [2.24, 2.45) is 0 Å². The van der Waals surface area contributed by atoms with Gasteiger partial charge in [0.15, 0.2) is 6.10 Å². The van der Waals surface area contributed by atoms with Gasteiger partial charge in [0.25, 0.3) is 0 Å². The molecule has 0 radical (unpaired) electrons.